The van der Waals surface area contributed by atoms with Gasteiger partial charge in [-0.05, 0) is 56.3 Å². The van der Waals surface area contributed by atoms with Crippen LogP contribution in [0.2, 0.25) is 0 Å². The molecule has 3 rings (SSSR count). The Bertz CT molecular complexity index is 249. The lowest BCUT2D eigenvalue weighted by atomic mass is 9.70. The Hall–Kier alpha value is -0.0800. The number of hydrogen-bond donors (Lipinski definition) is 1. The third-order valence-electron chi connectivity index (χ3n) is 5.01. The zero-order valence-corrected chi connectivity index (χ0v) is 9.74. The number of nitrogens with two attached hydrogens (primary N) is 1. The van der Waals surface area contributed by atoms with Crippen molar-refractivity contribution in [2.24, 2.45) is 23.5 Å². The molecule has 1 aliphatic heterocycles. The molecule has 1 heterocycles. The molecule has 15 heavy (non-hydrogen) atoms. The topological polar surface area (TPSA) is 35.2 Å². The molecule has 2 nitrogen and oxygen atoms in total. The zero-order chi connectivity index (χ0) is 10.5. The molecular formula is C13H23NO. The maximum Gasteiger partial charge on any atom is 0.0685 e. The van der Waals surface area contributed by atoms with Gasteiger partial charge in [0.05, 0.1) is 5.60 Å². The van der Waals surface area contributed by atoms with Gasteiger partial charge in [0.2, 0.25) is 0 Å². The maximum absolute atomic E-state index is 6.39. The van der Waals surface area contributed by atoms with Gasteiger partial charge in [-0.15, -0.1) is 0 Å². The molecule has 0 aromatic rings. The second-order valence-corrected chi connectivity index (χ2v) is 6.09. The molecule has 3 fully saturated rings. The third kappa shape index (κ3) is 1.72. The lowest BCUT2D eigenvalue weighted by molar-refractivity contribution is -0.146. The van der Waals surface area contributed by atoms with Crippen LogP contribution in [0.15, 0.2) is 0 Å². The molecule has 0 bridgehead atoms. The van der Waals surface area contributed by atoms with Crippen molar-refractivity contribution in [1.82, 2.24) is 0 Å². The molecule has 0 aromatic heterocycles. The van der Waals surface area contributed by atoms with Gasteiger partial charge in [0, 0.05) is 12.6 Å². The maximum atomic E-state index is 6.39. The van der Waals surface area contributed by atoms with E-state index >= 15 is 0 Å². The number of rotatable bonds is 2. The van der Waals surface area contributed by atoms with Gasteiger partial charge >= 0.3 is 0 Å². The van der Waals surface area contributed by atoms with Crippen molar-refractivity contribution in [3.8, 4) is 0 Å². The van der Waals surface area contributed by atoms with Gasteiger partial charge in [0.25, 0.3) is 0 Å². The fourth-order valence-corrected chi connectivity index (χ4v) is 3.55. The Kier molecular flexibility index (Phi) is 2.33. The SMILES string of the molecule is CC1CC1C(N)C1CCOC2(CCC2)C1. The van der Waals surface area contributed by atoms with Crippen LogP contribution in [0.1, 0.15) is 45.4 Å². The Morgan fingerprint density at radius 2 is 2.13 bits per heavy atom. The molecular weight excluding hydrogens is 186 g/mol. The van der Waals surface area contributed by atoms with E-state index in [2.05, 4.69) is 6.92 Å². The van der Waals surface area contributed by atoms with Crippen LogP contribution in [-0.4, -0.2) is 18.2 Å². The van der Waals surface area contributed by atoms with E-state index in [1.165, 1.54) is 38.5 Å². The molecule has 2 aliphatic carbocycles. The summed E-state index contributed by atoms with van der Waals surface area (Å²) in [7, 11) is 0. The van der Waals surface area contributed by atoms with Crippen LogP contribution in [0.4, 0.5) is 0 Å². The molecule has 86 valence electrons. The van der Waals surface area contributed by atoms with Gasteiger partial charge in [-0.3, -0.25) is 0 Å². The van der Waals surface area contributed by atoms with E-state index < -0.39 is 0 Å². The highest BCUT2D eigenvalue weighted by Crippen LogP contribution is 2.49. The van der Waals surface area contributed by atoms with Crippen molar-refractivity contribution >= 4 is 0 Å². The Morgan fingerprint density at radius 1 is 1.40 bits per heavy atom. The Morgan fingerprint density at radius 3 is 2.67 bits per heavy atom. The van der Waals surface area contributed by atoms with Gasteiger partial charge < -0.3 is 10.5 Å². The van der Waals surface area contributed by atoms with E-state index in [1.54, 1.807) is 0 Å². The monoisotopic (exact) mass is 209 g/mol. The average molecular weight is 209 g/mol. The first-order chi connectivity index (χ1) is 7.20. The van der Waals surface area contributed by atoms with Crippen molar-refractivity contribution in [1.29, 1.82) is 0 Å². The highest BCUT2D eigenvalue weighted by molar-refractivity contribution is 5.00. The van der Waals surface area contributed by atoms with E-state index in [4.69, 9.17) is 10.5 Å². The van der Waals surface area contributed by atoms with Gasteiger partial charge in [0.15, 0.2) is 0 Å². The van der Waals surface area contributed by atoms with E-state index in [1.807, 2.05) is 0 Å². The summed E-state index contributed by atoms with van der Waals surface area (Å²) < 4.78 is 5.95. The van der Waals surface area contributed by atoms with Crippen LogP contribution in [-0.2, 0) is 4.74 Å². The smallest absolute Gasteiger partial charge is 0.0685 e. The molecule has 2 saturated carbocycles. The first-order valence-corrected chi connectivity index (χ1v) is 6.60. The number of hydrogen-bond acceptors (Lipinski definition) is 2. The molecule has 3 aliphatic rings. The molecule has 0 aromatic carbocycles. The van der Waals surface area contributed by atoms with Crippen molar-refractivity contribution in [2.75, 3.05) is 6.61 Å². The lowest BCUT2D eigenvalue weighted by Crippen LogP contribution is -2.49. The zero-order valence-electron chi connectivity index (χ0n) is 9.74. The summed E-state index contributed by atoms with van der Waals surface area (Å²) in [5.41, 5.74) is 6.66. The Labute approximate surface area is 92.6 Å². The normalized spacial score (nSPS) is 44.8. The summed E-state index contributed by atoms with van der Waals surface area (Å²) >= 11 is 0. The summed E-state index contributed by atoms with van der Waals surface area (Å²) in [5.74, 6) is 2.46. The summed E-state index contributed by atoms with van der Waals surface area (Å²) in [6.07, 6.45) is 7.75. The molecule has 1 saturated heterocycles. The number of ether oxygens (including phenoxy) is 1. The van der Waals surface area contributed by atoms with Crippen LogP contribution < -0.4 is 5.73 Å². The third-order valence-corrected chi connectivity index (χ3v) is 5.01. The minimum atomic E-state index is 0.276. The van der Waals surface area contributed by atoms with Crippen LogP contribution in [0.3, 0.4) is 0 Å². The van der Waals surface area contributed by atoms with Crippen LogP contribution >= 0.6 is 0 Å². The van der Waals surface area contributed by atoms with Gasteiger partial charge in [-0.25, -0.2) is 0 Å². The molecule has 2 heteroatoms. The minimum absolute atomic E-state index is 0.276. The molecule has 0 amide bonds. The summed E-state index contributed by atoms with van der Waals surface area (Å²) in [6.45, 7) is 3.29. The molecule has 4 atom stereocenters. The van der Waals surface area contributed by atoms with Crippen molar-refractivity contribution in [3.63, 3.8) is 0 Å². The highest BCUT2D eigenvalue weighted by Gasteiger charge is 2.47. The summed E-state index contributed by atoms with van der Waals surface area (Å²) in [4.78, 5) is 0. The summed E-state index contributed by atoms with van der Waals surface area (Å²) in [5, 5.41) is 0. The second kappa shape index (κ2) is 3.46. The van der Waals surface area contributed by atoms with Crippen molar-refractivity contribution in [3.05, 3.63) is 0 Å². The molecule has 1 spiro atoms. The van der Waals surface area contributed by atoms with E-state index in [-0.39, 0.29) is 5.60 Å². The van der Waals surface area contributed by atoms with Crippen LogP contribution in [0, 0.1) is 17.8 Å². The predicted molar refractivity (Wildman–Crippen MR) is 60.5 cm³/mol. The highest BCUT2D eigenvalue weighted by atomic mass is 16.5. The van der Waals surface area contributed by atoms with Crippen molar-refractivity contribution < 1.29 is 4.74 Å². The van der Waals surface area contributed by atoms with E-state index in [0.717, 1.165) is 24.4 Å². The fraction of sp³-hybridized carbons (Fsp3) is 1.00. The second-order valence-electron chi connectivity index (χ2n) is 6.09. The van der Waals surface area contributed by atoms with Gasteiger partial charge in [-0.2, -0.15) is 0 Å². The first-order valence-electron chi connectivity index (χ1n) is 6.60. The van der Waals surface area contributed by atoms with Gasteiger partial charge in [-0.1, -0.05) is 6.92 Å². The molecule has 2 N–H and O–H groups in total. The molecule has 4 unspecified atom stereocenters. The largest absolute Gasteiger partial charge is 0.375 e. The minimum Gasteiger partial charge on any atom is -0.375 e. The first kappa shape index (κ1) is 10.1. The predicted octanol–water partition coefficient (Wildman–Crippen LogP) is 2.32. The van der Waals surface area contributed by atoms with Crippen LogP contribution in [0.5, 0.6) is 0 Å². The summed E-state index contributed by atoms with van der Waals surface area (Å²) in [6, 6.07) is 0.460. The van der Waals surface area contributed by atoms with Gasteiger partial charge in [0.1, 0.15) is 0 Å². The standard InChI is InChI=1S/C13H23NO/c1-9-7-11(9)12(14)10-3-6-15-13(8-10)4-2-5-13/h9-12H,2-8,14H2,1H3. The lowest BCUT2D eigenvalue weighted by Gasteiger charge is -2.48. The van der Waals surface area contributed by atoms with E-state index in [0.29, 0.717) is 6.04 Å². The fourth-order valence-electron chi connectivity index (χ4n) is 3.55. The molecule has 0 radical (unpaired) electrons. The average Bonchev–Trinajstić information content (AvgIpc) is 2.92. The van der Waals surface area contributed by atoms with Crippen molar-refractivity contribution in [2.45, 2.75) is 57.1 Å². The van der Waals surface area contributed by atoms with E-state index in [9.17, 15) is 0 Å². The Balaban J connectivity index is 1.61. The quantitative estimate of drug-likeness (QED) is 0.757. The van der Waals surface area contributed by atoms with Crippen LogP contribution in [0.25, 0.3) is 0 Å².